The molecule has 0 fully saturated rings. The van der Waals surface area contributed by atoms with E-state index >= 15 is 0 Å². The van der Waals surface area contributed by atoms with Gasteiger partial charge in [-0.05, 0) is 73.0 Å². The third-order valence-electron chi connectivity index (χ3n) is 4.57. The van der Waals surface area contributed by atoms with Crippen LogP contribution in [0.5, 0.6) is 0 Å². The monoisotopic (exact) mass is 402 g/mol. The first-order valence-electron chi connectivity index (χ1n) is 9.13. The summed E-state index contributed by atoms with van der Waals surface area (Å²) in [6, 6.07) is 16.2. The van der Waals surface area contributed by atoms with Gasteiger partial charge in [0.05, 0.1) is 17.6 Å². The van der Waals surface area contributed by atoms with Gasteiger partial charge in [-0.2, -0.15) is 5.10 Å². The zero-order valence-electron chi connectivity index (χ0n) is 16.1. The Kier molecular flexibility index (Phi) is 5.44. The van der Waals surface area contributed by atoms with E-state index in [1.165, 1.54) is 34.6 Å². The Balaban J connectivity index is 1.85. The van der Waals surface area contributed by atoms with Crippen LogP contribution in [0.25, 0.3) is 11.3 Å². The minimum atomic E-state index is -0.283. The van der Waals surface area contributed by atoms with Crippen LogP contribution in [0.4, 0.5) is 10.1 Å². The molecule has 0 saturated carbocycles. The molecule has 0 spiro atoms. The lowest BCUT2D eigenvalue weighted by Gasteiger charge is -2.06. The van der Waals surface area contributed by atoms with Crippen molar-refractivity contribution < 1.29 is 4.39 Å². The van der Waals surface area contributed by atoms with Gasteiger partial charge in [0.1, 0.15) is 5.82 Å². The fourth-order valence-corrected chi connectivity index (χ4v) is 3.64. The van der Waals surface area contributed by atoms with Gasteiger partial charge in [0, 0.05) is 23.3 Å². The van der Waals surface area contributed by atoms with Gasteiger partial charge in [0.2, 0.25) is 4.80 Å². The molecule has 0 aliphatic heterocycles. The van der Waals surface area contributed by atoms with Crippen LogP contribution in [0.2, 0.25) is 0 Å². The zero-order valence-corrected chi connectivity index (χ0v) is 16.9. The Morgan fingerprint density at radius 2 is 1.72 bits per heavy atom. The van der Waals surface area contributed by atoms with Crippen LogP contribution in [0.1, 0.15) is 16.7 Å². The fraction of sp³-hybridized carbons (Fsp3) is 0.0870. The normalized spacial score (nSPS) is 12.0. The number of hydrogen-bond donors (Lipinski definition) is 0. The van der Waals surface area contributed by atoms with Crippen LogP contribution in [0.3, 0.4) is 0 Å². The van der Waals surface area contributed by atoms with E-state index in [0.29, 0.717) is 10.5 Å². The summed E-state index contributed by atoms with van der Waals surface area (Å²) in [4.78, 5) is 9.41. The predicted octanol–water partition coefficient (Wildman–Crippen LogP) is 5.48. The molecule has 0 atom stereocenters. The maximum absolute atomic E-state index is 13.2. The predicted molar refractivity (Wildman–Crippen MR) is 116 cm³/mol. The highest BCUT2D eigenvalue weighted by Gasteiger charge is 2.09. The minimum Gasteiger partial charge on any atom is -0.265 e. The van der Waals surface area contributed by atoms with Gasteiger partial charge in [-0.15, -0.1) is 11.3 Å². The van der Waals surface area contributed by atoms with Crippen molar-refractivity contribution in [1.82, 2.24) is 9.66 Å². The van der Waals surface area contributed by atoms with Gasteiger partial charge in [-0.1, -0.05) is 12.1 Å². The second-order valence-electron chi connectivity index (χ2n) is 6.63. The van der Waals surface area contributed by atoms with E-state index in [4.69, 9.17) is 0 Å². The molecule has 4 aromatic rings. The van der Waals surface area contributed by atoms with Crippen molar-refractivity contribution in [3.05, 3.63) is 99.7 Å². The summed E-state index contributed by atoms with van der Waals surface area (Å²) >= 11 is 1.49. The lowest BCUT2D eigenvalue weighted by Crippen LogP contribution is -2.11. The summed E-state index contributed by atoms with van der Waals surface area (Å²) in [6.07, 6.45) is 5.24. The number of pyridine rings is 1. The van der Waals surface area contributed by atoms with Gasteiger partial charge in [-0.3, -0.25) is 4.98 Å². The summed E-state index contributed by atoms with van der Waals surface area (Å²) < 4.78 is 15.1. The maximum Gasteiger partial charge on any atom is 0.211 e. The highest BCUT2D eigenvalue weighted by atomic mass is 32.1. The summed E-state index contributed by atoms with van der Waals surface area (Å²) in [5.41, 5.74) is 6.09. The molecule has 0 unspecified atom stereocenters. The molecule has 0 N–H and O–H groups in total. The number of thiazole rings is 1. The summed E-state index contributed by atoms with van der Waals surface area (Å²) in [6.45, 7) is 4.19. The number of benzene rings is 2. The van der Waals surface area contributed by atoms with E-state index in [2.05, 4.69) is 47.1 Å². The molecule has 6 heteroatoms. The first kappa shape index (κ1) is 19.0. The number of nitrogens with zero attached hydrogens (tertiary/aromatic N) is 4. The summed E-state index contributed by atoms with van der Waals surface area (Å²) in [7, 11) is 0. The van der Waals surface area contributed by atoms with E-state index < -0.39 is 0 Å². The van der Waals surface area contributed by atoms with Crippen LogP contribution in [-0.2, 0) is 0 Å². The average molecular weight is 402 g/mol. The zero-order chi connectivity index (χ0) is 20.2. The quantitative estimate of drug-likeness (QED) is 0.417. The van der Waals surface area contributed by atoms with Crippen molar-refractivity contribution in [3.8, 4) is 11.3 Å². The Hall–Kier alpha value is -3.38. The van der Waals surface area contributed by atoms with Crippen LogP contribution < -0.4 is 4.80 Å². The highest BCUT2D eigenvalue weighted by Crippen LogP contribution is 2.23. The summed E-state index contributed by atoms with van der Waals surface area (Å²) in [5, 5.41) is 6.72. The molecule has 29 heavy (non-hydrogen) atoms. The molecular formula is C23H19FN4S. The molecule has 0 saturated heterocycles. The SMILES string of the molecule is Cc1ccc(-c2csc(=Nc3ccc(F)cc3)n2N=Cc2ccncc2)cc1C. The lowest BCUT2D eigenvalue weighted by molar-refractivity contribution is 0.628. The smallest absolute Gasteiger partial charge is 0.211 e. The Bertz CT molecular complexity index is 1220. The standard InChI is InChI=1S/C23H19FN4S/c1-16-3-4-19(13-17(16)2)22-15-29-23(27-21-7-5-20(24)6-8-21)28(22)26-14-18-9-11-25-12-10-18/h3-15H,1-2H3. The maximum atomic E-state index is 13.2. The largest absolute Gasteiger partial charge is 0.265 e. The molecule has 2 heterocycles. The molecule has 0 aliphatic carbocycles. The first-order valence-corrected chi connectivity index (χ1v) is 10.0. The molecular weight excluding hydrogens is 383 g/mol. The fourth-order valence-electron chi connectivity index (χ4n) is 2.79. The molecule has 4 rings (SSSR count). The summed E-state index contributed by atoms with van der Waals surface area (Å²) in [5.74, 6) is -0.283. The Morgan fingerprint density at radius 3 is 2.45 bits per heavy atom. The average Bonchev–Trinajstić information content (AvgIpc) is 3.13. The third kappa shape index (κ3) is 4.38. The second kappa shape index (κ2) is 8.32. The topological polar surface area (TPSA) is 42.5 Å². The Labute approximate surface area is 172 Å². The second-order valence-corrected chi connectivity index (χ2v) is 7.46. The molecule has 2 aromatic carbocycles. The van der Waals surface area contributed by atoms with Crippen molar-refractivity contribution in [2.75, 3.05) is 0 Å². The minimum absolute atomic E-state index is 0.283. The van der Waals surface area contributed by atoms with Crippen LogP contribution in [-0.4, -0.2) is 15.9 Å². The van der Waals surface area contributed by atoms with Gasteiger partial charge >= 0.3 is 0 Å². The number of aromatic nitrogens is 2. The van der Waals surface area contributed by atoms with E-state index in [9.17, 15) is 4.39 Å². The van der Waals surface area contributed by atoms with E-state index in [-0.39, 0.29) is 5.82 Å². The van der Waals surface area contributed by atoms with Crippen LogP contribution >= 0.6 is 11.3 Å². The molecule has 4 nitrogen and oxygen atoms in total. The van der Waals surface area contributed by atoms with Crippen molar-refractivity contribution in [2.24, 2.45) is 10.1 Å². The van der Waals surface area contributed by atoms with Crippen LogP contribution in [0.15, 0.2) is 82.5 Å². The number of aryl methyl sites for hydroxylation is 2. The van der Waals surface area contributed by atoms with Crippen molar-refractivity contribution >= 4 is 23.2 Å². The van der Waals surface area contributed by atoms with Gasteiger partial charge in [0.25, 0.3) is 0 Å². The van der Waals surface area contributed by atoms with Crippen molar-refractivity contribution in [3.63, 3.8) is 0 Å². The van der Waals surface area contributed by atoms with E-state index in [1.54, 1.807) is 30.7 Å². The molecule has 0 aliphatic rings. The molecule has 0 radical (unpaired) electrons. The van der Waals surface area contributed by atoms with Crippen molar-refractivity contribution in [1.29, 1.82) is 0 Å². The molecule has 144 valence electrons. The van der Waals surface area contributed by atoms with E-state index in [0.717, 1.165) is 16.8 Å². The van der Waals surface area contributed by atoms with Gasteiger partial charge in [-0.25, -0.2) is 14.1 Å². The number of rotatable bonds is 4. The van der Waals surface area contributed by atoms with Crippen LogP contribution in [0, 0.1) is 19.7 Å². The molecule has 2 aromatic heterocycles. The molecule has 0 bridgehead atoms. The van der Waals surface area contributed by atoms with Crippen molar-refractivity contribution in [2.45, 2.75) is 13.8 Å². The van der Waals surface area contributed by atoms with Gasteiger partial charge in [0.15, 0.2) is 0 Å². The molecule has 0 amide bonds. The Morgan fingerprint density at radius 1 is 0.966 bits per heavy atom. The van der Waals surface area contributed by atoms with Gasteiger partial charge < -0.3 is 0 Å². The third-order valence-corrected chi connectivity index (χ3v) is 5.38. The lowest BCUT2D eigenvalue weighted by atomic mass is 10.1. The highest BCUT2D eigenvalue weighted by molar-refractivity contribution is 7.07. The number of hydrogen-bond acceptors (Lipinski definition) is 4. The van der Waals surface area contributed by atoms with E-state index in [1.807, 2.05) is 22.2 Å². The first-order chi connectivity index (χ1) is 14.1. The number of halogens is 1.